The van der Waals surface area contributed by atoms with Crippen LogP contribution in [0.1, 0.15) is 34.1 Å². The molecule has 0 fully saturated rings. The second-order valence-electron chi connectivity index (χ2n) is 5.01. The lowest BCUT2D eigenvalue weighted by Gasteiger charge is -2.23. The summed E-state index contributed by atoms with van der Waals surface area (Å²) in [7, 11) is 0. The average Bonchev–Trinajstić information content (AvgIpc) is 2.59. The van der Waals surface area contributed by atoms with Crippen LogP contribution in [0.15, 0.2) is 12.2 Å². The van der Waals surface area contributed by atoms with Gasteiger partial charge < -0.3 is 0 Å². The minimum absolute atomic E-state index is 0.123. The molecular weight excluding hydrogens is 288 g/mol. The van der Waals surface area contributed by atoms with E-state index >= 15 is 0 Å². The van der Waals surface area contributed by atoms with Gasteiger partial charge in [-0.3, -0.25) is 0 Å². The molecule has 0 aromatic carbocycles. The van der Waals surface area contributed by atoms with Crippen LogP contribution in [0.25, 0.3) is 0 Å². The summed E-state index contributed by atoms with van der Waals surface area (Å²) in [6.07, 6.45) is 6.02. The number of allylic oxidation sites excluding steroid dienone is 1. The van der Waals surface area contributed by atoms with E-state index in [0.717, 1.165) is 12.0 Å². The van der Waals surface area contributed by atoms with Gasteiger partial charge in [-0.15, -0.1) is 6.42 Å². The quantitative estimate of drug-likeness (QED) is 0.697. The van der Waals surface area contributed by atoms with Gasteiger partial charge in [-0.2, -0.15) is 0 Å². The lowest BCUT2D eigenvalue weighted by atomic mass is 9.79. The Morgan fingerprint density at radius 3 is 2.12 bits per heavy atom. The predicted molar refractivity (Wildman–Crippen MR) is 102 cm³/mol. The standard InChI is InChI=1S/C24H20/c1-7-10-12-14-16-17-19-22(5)23(6)24(21(4)9-3)20-18-15-13-11-8-2/h1,21,23-24H,5,9H2,2-4,6H3. The Bertz CT molecular complexity index is 851. The lowest BCUT2D eigenvalue weighted by Crippen LogP contribution is -2.19. The molecule has 0 aliphatic carbocycles. The monoisotopic (exact) mass is 308 g/mol. The molecule has 0 rings (SSSR count). The largest absolute Gasteiger partial charge is 0.106 e. The lowest BCUT2D eigenvalue weighted by molar-refractivity contribution is 0.356. The molecule has 0 heteroatoms. The van der Waals surface area contributed by atoms with Gasteiger partial charge in [0.05, 0.1) is 0 Å². The molecule has 0 heterocycles. The topological polar surface area (TPSA) is 0 Å². The maximum atomic E-state index is 5.00. The Balaban J connectivity index is 5.21. The normalized spacial score (nSPS) is 10.8. The second kappa shape index (κ2) is 13.3. The molecule has 0 amide bonds. The summed E-state index contributed by atoms with van der Waals surface area (Å²) in [5.74, 6) is 35.7. The van der Waals surface area contributed by atoms with E-state index in [-0.39, 0.29) is 11.8 Å². The van der Waals surface area contributed by atoms with Crippen molar-refractivity contribution in [2.75, 3.05) is 0 Å². The van der Waals surface area contributed by atoms with Gasteiger partial charge >= 0.3 is 0 Å². The summed E-state index contributed by atoms with van der Waals surface area (Å²) in [6, 6.07) is 0. The van der Waals surface area contributed by atoms with E-state index in [2.05, 4.69) is 104 Å². The minimum atomic E-state index is 0.123. The molecule has 3 unspecified atom stereocenters. The minimum Gasteiger partial charge on any atom is -0.106 e. The van der Waals surface area contributed by atoms with Gasteiger partial charge in [0.15, 0.2) is 0 Å². The Morgan fingerprint density at radius 1 is 0.917 bits per heavy atom. The molecular formula is C24H20. The predicted octanol–water partition coefficient (Wildman–Crippen LogP) is 3.51. The van der Waals surface area contributed by atoms with Gasteiger partial charge in [-0.1, -0.05) is 51.5 Å². The van der Waals surface area contributed by atoms with Crippen molar-refractivity contribution in [1.82, 2.24) is 0 Å². The highest BCUT2D eigenvalue weighted by Crippen LogP contribution is 2.27. The first-order valence-electron chi connectivity index (χ1n) is 7.66. The van der Waals surface area contributed by atoms with E-state index < -0.39 is 0 Å². The highest BCUT2D eigenvalue weighted by Gasteiger charge is 2.22. The van der Waals surface area contributed by atoms with Crippen molar-refractivity contribution in [2.24, 2.45) is 17.8 Å². The molecule has 0 aliphatic heterocycles. The molecule has 3 atom stereocenters. The van der Waals surface area contributed by atoms with Crippen molar-refractivity contribution in [1.29, 1.82) is 0 Å². The van der Waals surface area contributed by atoms with Gasteiger partial charge in [0.2, 0.25) is 0 Å². The number of hydrogen-bond donors (Lipinski definition) is 0. The van der Waals surface area contributed by atoms with Gasteiger partial charge in [0.1, 0.15) is 0 Å². The maximum Gasteiger partial charge on any atom is 0.0310 e. The first-order chi connectivity index (χ1) is 11.6. The molecule has 0 aromatic rings. The molecule has 0 aromatic heterocycles. The summed E-state index contributed by atoms with van der Waals surface area (Å²) >= 11 is 0. The SMILES string of the molecule is C#CC#CC#CC#CC(=C)C(C)C(C#CC#CC#CC)C(C)CC. The van der Waals surface area contributed by atoms with Crippen molar-refractivity contribution < 1.29 is 0 Å². The van der Waals surface area contributed by atoms with Gasteiger partial charge in [-0.25, -0.2) is 0 Å². The van der Waals surface area contributed by atoms with Crippen LogP contribution < -0.4 is 0 Å². The molecule has 0 saturated carbocycles. The summed E-state index contributed by atoms with van der Waals surface area (Å²) in [6.45, 7) is 12.2. The number of terminal acetylenes is 1. The Hall–Kier alpha value is -3.34. The molecule has 0 radical (unpaired) electrons. The maximum absolute atomic E-state index is 5.00. The third kappa shape index (κ3) is 8.84. The summed E-state index contributed by atoms with van der Waals surface area (Å²) in [4.78, 5) is 0. The summed E-state index contributed by atoms with van der Waals surface area (Å²) in [5.41, 5.74) is 0.801. The zero-order valence-electron chi connectivity index (χ0n) is 14.7. The van der Waals surface area contributed by atoms with Crippen molar-refractivity contribution in [3.8, 4) is 83.4 Å². The Kier molecular flexibility index (Phi) is 11.5. The van der Waals surface area contributed by atoms with Crippen molar-refractivity contribution >= 4 is 0 Å². The highest BCUT2D eigenvalue weighted by molar-refractivity contribution is 5.43. The molecule has 0 bridgehead atoms. The van der Waals surface area contributed by atoms with Crippen LogP contribution in [0.5, 0.6) is 0 Å². The smallest absolute Gasteiger partial charge is 0.0310 e. The Morgan fingerprint density at radius 2 is 1.50 bits per heavy atom. The fourth-order valence-electron chi connectivity index (χ4n) is 1.83. The number of hydrogen-bond acceptors (Lipinski definition) is 0. The molecule has 0 aliphatic rings. The summed E-state index contributed by atoms with van der Waals surface area (Å²) < 4.78 is 0. The van der Waals surface area contributed by atoms with Crippen LogP contribution >= 0.6 is 0 Å². The third-order valence-corrected chi connectivity index (χ3v) is 3.44. The van der Waals surface area contributed by atoms with E-state index in [9.17, 15) is 0 Å². The van der Waals surface area contributed by atoms with Crippen molar-refractivity contribution in [3.05, 3.63) is 12.2 Å². The highest BCUT2D eigenvalue weighted by atomic mass is 14.2. The first kappa shape index (κ1) is 20.7. The number of rotatable bonds is 4. The van der Waals surface area contributed by atoms with E-state index in [4.69, 9.17) is 6.42 Å². The Labute approximate surface area is 147 Å². The van der Waals surface area contributed by atoms with Crippen LogP contribution in [0.4, 0.5) is 0 Å². The van der Waals surface area contributed by atoms with Crippen LogP contribution in [0.2, 0.25) is 0 Å². The van der Waals surface area contributed by atoms with Crippen LogP contribution in [0, 0.1) is 101 Å². The first-order valence-corrected chi connectivity index (χ1v) is 7.66. The summed E-state index contributed by atoms with van der Waals surface area (Å²) in [5, 5.41) is 0. The van der Waals surface area contributed by atoms with Crippen LogP contribution in [0.3, 0.4) is 0 Å². The van der Waals surface area contributed by atoms with Crippen molar-refractivity contribution in [2.45, 2.75) is 34.1 Å². The van der Waals surface area contributed by atoms with E-state index in [1.54, 1.807) is 6.92 Å². The van der Waals surface area contributed by atoms with Crippen molar-refractivity contribution in [3.63, 3.8) is 0 Å². The molecule has 0 saturated heterocycles. The van der Waals surface area contributed by atoms with E-state index in [0.29, 0.717) is 5.92 Å². The fourth-order valence-corrected chi connectivity index (χ4v) is 1.83. The molecule has 24 heavy (non-hydrogen) atoms. The zero-order chi connectivity index (χ0) is 18.2. The van der Waals surface area contributed by atoms with Gasteiger partial charge in [0.25, 0.3) is 0 Å². The third-order valence-electron chi connectivity index (χ3n) is 3.44. The van der Waals surface area contributed by atoms with Crippen LogP contribution in [-0.4, -0.2) is 0 Å². The van der Waals surface area contributed by atoms with Crippen LogP contribution in [-0.2, 0) is 0 Å². The average molecular weight is 308 g/mol. The molecule has 0 N–H and O–H groups in total. The van der Waals surface area contributed by atoms with Gasteiger partial charge in [0, 0.05) is 11.8 Å². The molecule has 0 spiro atoms. The fraction of sp³-hybridized carbons (Fsp3) is 0.333. The van der Waals surface area contributed by atoms with Gasteiger partial charge in [-0.05, 0) is 77.6 Å². The molecule has 0 nitrogen and oxygen atoms in total. The molecule has 116 valence electrons. The zero-order valence-corrected chi connectivity index (χ0v) is 14.7. The van der Waals surface area contributed by atoms with E-state index in [1.807, 2.05) is 0 Å². The van der Waals surface area contributed by atoms with E-state index in [1.165, 1.54) is 0 Å². The second-order valence-corrected chi connectivity index (χ2v) is 5.01.